The van der Waals surface area contributed by atoms with E-state index in [0.29, 0.717) is 5.69 Å². The summed E-state index contributed by atoms with van der Waals surface area (Å²) in [5, 5.41) is 2.68. The molecule has 0 bridgehead atoms. The van der Waals surface area contributed by atoms with Crippen molar-refractivity contribution in [3.8, 4) is 5.75 Å². The number of aromatic nitrogens is 2. The minimum Gasteiger partial charge on any atom is -0.496 e. The molecule has 6 nitrogen and oxygen atoms in total. The lowest BCUT2D eigenvalue weighted by molar-refractivity contribution is 0.102. The highest BCUT2D eigenvalue weighted by atomic mass is 16.5. The van der Waals surface area contributed by atoms with Gasteiger partial charge in [-0.2, -0.15) is 0 Å². The third-order valence-electron chi connectivity index (χ3n) is 2.57. The van der Waals surface area contributed by atoms with Crippen LogP contribution in [0.15, 0.2) is 41.6 Å². The van der Waals surface area contributed by atoms with Crippen molar-refractivity contribution in [2.24, 2.45) is 7.05 Å². The van der Waals surface area contributed by atoms with Crippen LogP contribution in [-0.4, -0.2) is 22.6 Å². The predicted octanol–water partition coefficient (Wildman–Crippen LogP) is 1.04. The molecule has 0 radical (unpaired) electrons. The Bertz CT molecular complexity index is 650. The van der Waals surface area contributed by atoms with Crippen LogP contribution >= 0.6 is 0 Å². The van der Waals surface area contributed by atoms with Crippen molar-refractivity contribution >= 4 is 11.6 Å². The number of hydrogen-bond donors (Lipinski definition) is 1. The molecular weight excluding hydrogens is 246 g/mol. The molecule has 6 heteroatoms. The number of nitrogens with one attached hydrogen (secondary N) is 1. The lowest BCUT2D eigenvalue weighted by atomic mass is 10.2. The number of pyridine rings is 2. The summed E-state index contributed by atoms with van der Waals surface area (Å²) in [6.07, 6.45) is 4.58. The van der Waals surface area contributed by atoms with Crippen LogP contribution in [0.1, 0.15) is 10.4 Å². The fourth-order valence-corrected chi connectivity index (χ4v) is 1.59. The van der Waals surface area contributed by atoms with Gasteiger partial charge >= 0.3 is 0 Å². The molecule has 2 aromatic heterocycles. The highest BCUT2D eigenvalue weighted by Gasteiger charge is 2.14. The quantitative estimate of drug-likeness (QED) is 0.893. The lowest BCUT2D eigenvalue weighted by Gasteiger charge is -2.10. The van der Waals surface area contributed by atoms with Gasteiger partial charge in [0.1, 0.15) is 5.75 Å². The largest absolute Gasteiger partial charge is 0.496 e. The molecule has 1 N–H and O–H groups in total. The number of anilines is 1. The molecule has 2 heterocycles. The van der Waals surface area contributed by atoms with E-state index in [4.69, 9.17) is 4.74 Å². The van der Waals surface area contributed by atoms with E-state index in [0.717, 1.165) is 0 Å². The van der Waals surface area contributed by atoms with E-state index < -0.39 is 0 Å². The summed E-state index contributed by atoms with van der Waals surface area (Å²) in [6.45, 7) is 0. The van der Waals surface area contributed by atoms with Gasteiger partial charge in [0.25, 0.3) is 11.5 Å². The molecule has 0 saturated carbocycles. The van der Waals surface area contributed by atoms with Crippen LogP contribution in [-0.2, 0) is 7.05 Å². The molecule has 0 unspecified atom stereocenters. The number of ether oxygens (including phenoxy) is 1. The van der Waals surface area contributed by atoms with Gasteiger partial charge in [-0.25, -0.2) is 0 Å². The molecule has 0 saturated heterocycles. The Kier molecular flexibility index (Phi) is 3.61. The minimum absolute atomic E-state index is 0.240. The first-order valence-electron chi connectivity index (χ1n) is 5.58. The van der Waals surface area contributed by atoms with Gasteiger partial charge < -0.3 is 14.6 Å². The van der Waals surface area contributed by atoms with E-state index in [1.807, 2.05) is 0 Å². The molecule has 19 heavy (non-hydrogen) atoms. The average molecular weight is 259 g/mol. The van der Waals surface area contributed by atoms with Crippen LogP contribution in [0.5, 0.6) is 5.75 Å². The van der Waals surface area contributed by atoms with Crippen LogP contribution in [0.4, 0.5) is 5.69 Å². The standard InChI is InChI=1S/C13H13N3O3/c1-16-8-10(11(19-2)6-12(16)17)13(18)15-9-4-3-5-14-7-9/h3-8H,1-2H3,(H,15,18). The number of carbonyl (C=O) groups is 1. The number of hydrogen-bond acceptors (Lipinski definition) is 4. The van der Waals surface area contributed by atoms with E-state index in [1.165, 1.54) is 30.1 Å². The number of amides is 1. The van der Waals surface area contributed by atoms with Crippen molar-refractivity contribution in [3.05, 3.63) is 52.7 Å². The van der Waals surface area contributed by atoms with E-state index in [2.05, 4.69) is 10.3 Å². The van der Waals surface area contributed by atoms with E-state index in [-0.39, 0.29) is 22.8 Å². The van der Waals surface area contributed by atoms with Gasteiger partial charge in [0.05, 0.1) is 24.6 Å². The summed E-state index contributed by atoms with van der Waals surface area (Å²) < 4.78 is 6.37. The Labute approximate surface area is 109 Å². The minimum atomic E-state index is -0.361. The summed E-state index contributed by atoms with van der Waals surface area (Å²) >= 11 is 0. The van der Waals surface area contributed by atoms with Crippen molar-refractivity contribution in [3.63, 3.8) is 0 Å². The molecule has 0 aliphatic carbocycles. The van der Waals surface area contributed by atoms with Gasteiger partial charge in [-0.1, -0.05) is 0 Å². The zero-order valence-electron chi connectivity index (χ0n) is 10.6. The first-order chi connectivity index (χ1) is 9.11. The molecule has 1 amide bonds. The zero-order valence-corrected chi connectivity index (χ0v) is 10.6. The summed E-state index contributed by atoms with van der Waals surface area (Å²) in [7, 11) is 2.98. The first-order valence-corrected chi connectivity index (χ1v) is 5.58. The van der Waals surface area contributed by atoms with Gasteiger partial charge in [-0.3, -0.25) is 14.6 Å². The number of rotatable bonds is 3. The smallest absolute Gasteiger partial charge is 0.260 e. The molecule has 0 aromatic carbocycles. The maximum absolute atomic E-state index is 12.1. The third-order valence-corrected chi connectivity index (χ3v) is 2.57. The zero-order chi connectivity index (χ0) is 13.8. The molecule has 0 spiro atoms. The van der Waals surface area contributed by atoms with Gasteiger partial charge in [-0.05, 0) is 12.1 Å². The second-order valence-corrected chi connectivity index (χ2v) is 3.90. The predicted molar refractivity (Wildman–Crippen MR) is 70.4 cm³/mol. The Hall–Kier alpha value is -2.63. The molecular formula is C13H13N3O3. The highest BCUT2D eigenvalue weighted by molar-refractivity contribution is 6.05. The number of nitrogens with zero attached hydrogens (tertiary/aromatic N) is 2. The fraction of sp³-hybridized carbons (Fsp3) is 0.154. The van der Waals surface area contributed by atoms with E-state index >= 15 is 0 Å². The molecule has 98 valence electrons. The van der Waals surface area contributed by atoms with Gasteiger partial charge in [0.2, 0.25) is 0 Å². The molecule has 0 atom stereocenters. The van der Waals surface area contributed by atoms with E-state index in [9.17, 15) is 9.59 Å². The van der Waals surface area contributed by atoms with Crippen molar-refractivity contribution in [2.45, 2.75) is 0 Å². The fourth-order valence-electron chi connectivity index (χ4n) is 1.59. The molecule has 2 aromatic rings. The van der Waals surface area contributed by atoms with Crippen LogP contribution in [0.2, 0.25) is 0 Å². The van der Waals surface area contributed by atoms with Crippen LogP contribution in [0, 0.1) is 0 Å². The molecule has 0 aliphatic heterocycles. The Morgan fingerprint density at radius 2 is 2.26 bits per heavy atom. The maximum atomic E-state index is 12.1. The monoisotopic (exact) mass is 259 g/mol. The number of carbonyl (C=O) groups excluding carboxylic acids is 1. The first kappa shape index (κ1) is 12.8. The second kappa shape index (κ2) is 5.34. The second-order valence-electron chi connectivity index (χ2n) is 3.90. The van der Waals surface area contributed by atoms with Crippen molar-refractivity contribution in [1.82, 2.24) is 9.55 Å². The maximum Gasteiger partial charge on any atom is 0.260 e. The summed E-state index contributed by atoms with van der Waals surface area (Å²) in [6, 6.07) is 4.71. The average Bonchev–Trinajstić information content (AvgIpc) is 2.42. The summed E-state index contributed by atoms with van der Waals surface area (Å²) in [4.78, 5) is 27.5. The van der Waals surface area contributed by atoms with E-state index in [1.54, 1.807) is 25.4 Å². The SMILES string of the molecule is COc1cc(=O)n(C)cc1C(=O)Nc1cccnc1. The van der Waals surface area contributed by atoms with Crippen molar-refractivity contribution in [2.75, 3.05) is 12.4 Å². The lowest BCUT2D eigenvalue weighted by Crippen LogP contribution is -2.21. The number of aryl methyl sites for hydroxylation is 1. The summed E-state index contributed by atoms with van der Waals surface area (Å²) in [5.74, 6) is -0.120. The normalized spacial score (nSPS) is 10.0. The third kappa shape index (κ3) is 2.79. The van der Waals surface area contributed by atoms with Crippen molar-refractivity contribution < 1.29 is 9.53 Å². The molecule has 0 fully saturated rings. The highest BCUT2D eigenvalue weighted by Crippen LogP contribution is 2.16. The topological polar surface area (TPSA) is 73.2 Å². The number of methoxy groups -OCH3 is 1. The Balaban J connectivity index is 2.34. The van der Waals surface area contributed by atoms with Crippen LogP contribution in [0.25, 0.3) is 0 Å². The van der Waals surface area contributed by atoms with Crippen LogP contribution in [0.3, 0.4) is 0 Å². The van der Waals surface area contributed by atoms with Gasteiger partial charge in [0, 0.05) is 25.5 Å². The van der Waals surface area contributed by atoms with Gasteiger partial charge in [-0.15, -0.1) is 0 Å². The summed E-state index contributed by atoms with van der Waals surface area (Å²) in [5.41, 5.74) is 0.617. The molecule has 0 aliphatic rings. The Morgan fingerprint density at radius 1 is 1.47 bits per heavy atom. The van der Waals surface area contributed by atoms with Gasteiger partial charge in [0.15, 0.2) is 0 Å². The van der Waals surface area contributed by atoms with Crippen molar-refractivity contribution in [1.29, 1.82) is 0 Å². The Morgan fingerprint density at radius 3 is 2.89 bits per heavy atom. The van der Waals surface area contributed by atoms with Crippen LogP contribution < -0.4 is 15.6 Å². The molecule has 2 rings (SSSR count).